The van der Waals surface area contributed by atoms with Crippen LogP contribution in [0.2, 0.25) is 0 Å². The van der Waals surface area contributed by atoms with Gasteiger partial charge in [0.1, 0.15) is 24.0 Å². The van der Waals surface area contributed by atoms with Crippen LogP contribution in [0.5, 0.6) is 5.75 Å². The highest BCUT2D eigenvalue weighted by molar-refractivity contribution is 14.1. The second-order valence-corrected chi connectivity index (χ2v) is 8.64. The van der Waals surface area contributed by atoms with Gasteiger partial charge in [0.05, 0.1) is 3.57 Å². The van der Waals surface area contributed by atoms with Crippen molar-refractivity contribution in [3.63, 3.8) is 0 Å². The number of benzene rings is 3. The van der Waals surface area contributed by atoms with Crippen LogP contribution < -0.4 is 10.1 Å². The third-order valence-electron chi connectivity index (χ3n) is 4.92. The van der Waals surface area contributed by atoms with Crippen molar-refractivity contribution in [1.82, 2.24) is 5.32 Å². The van der Waals surface area contributed by atoms with Gasteiger partial charge in [0.25, 0.3) is 5.91 Å². The molecule has 3 rings (SSSR count). The van der Waals surface area contributed by atoms with E-state index < -0.39 is 0 Å². The van der Waals surface area contributed by atoms with E-state index in [1.807, 2.05) is 42.5 Å². The molecule has 0 spiro atoms. The lowest BCUT2D eigenvalue weighted by Gasteiger charge is -2.09. The van der Waals surface area contributed by atoms with Crippen molar-refractivity contribution in [3.8, 4) is 11.8 Å². The molecule has 0 aliphatic rings. The average Bonchev–Trinajstić information content (AvgIpc) is 2.81. The Morgan fingerprint density at radius 2 is 1.81 bits per heavy atom. The predicted octanol–water partition coefficient (Wildman–Crippen LogP) is 5.83. The quantitative estimate of drug-likeness (QED) is 0.162. The highest BCUT2D eigenvalue weighted by Gasteiger charge is 2.10. The first-order valence-corrected chi connectivity index (χ1v) is 11.5. The van der Waals surface area contributed by atoms with Gasteiger partial charge in [-0.05, 0) is 77.3 Å². The van der Waals surface area contributed by atoms with Gasteiger partial charge in [0.2, 0.25) is 0 Å². The van der Waals surface area contributed by atoms with Crippen LogP contribution in [0.1, 0.15) is 28.7 Å². The lowest BCUT2D eigenvalue weighted by molar-refractivity contribution is -0.117. The Morgan fingerprint density at radius 1 is 1.06 bits per heavy atom. The smallest absolute Gasteiger partial charge is 0.261 e. The number of nitriles is 1. The maximum absolute atomic E-state index is 12.4. The summed E-state index contributed by atoms with van der Waals surface area (Å²) in [7, 11) is 0. The number of carbonyl (C=O) groups is 1. The molecule has 32 heavy (non-hydrogen) atoms. The van der Waals surface area contributed by atoms with E-state index in [4.69, 9.17) is 4.74 Å². The van der Waals surface area contributed by atoms with Crippen LogP contribution in [0.25, 0.3) is 6.08 Å². The molecule has 0 fully saturated rings. The Bertz CT molecular complexity index is 1120. The van der Waals surface area contributed by atoms with Crippen LogP contribution in [0, 0.1) is 21.8 Å². The van der Waals surface area contributed by atoms with Gasteiger partial charge in [-0.2, -0.15) is 5.26 Å². The van der Waals surface area contributed by atoms with Gasteiger partial charge in [-0.15, -0.1) is 0 Å². The summed E-state index contributed by atoms with van der Waals surface area (Å²) in [5, 5.41) is 12.3. The molecule has 1 N–H and O–H groups in total. The summed E-state index contributed by atoms with van der Waals surface area (Å²) in [6.07, 6.45) is 3.31. The van der Waals surface area contributed by atoms with Crippen molar-refractivity contribution in [2.45, 2.75) is 26.4 Å². The van der Waals surface area contributed by atoms with E-state index in [-0.39, 0.29) is 11.5 Å². The molecule has 5 heteroatoms. The molecule has 0 aromatic heterocycles. The molecule has 4 nitrogen and oxygen atoms in total. The average molecular weight is 536 g/mol. The minimum atomic E-state index is -0.352. The second-order valence-electron chi connectivity index (χ2n) is 7.48. The van der Waals surface area contributed by atoms with Gasteiger partial charge >= 0.3 is 0 Å². The lowest BCUT2D eigenvalue weighted by atomic mass is 10.1. The first-order valence-electron chi connectivity index (χ1n) is 10.5. The van der Waals surface area contributed by atoms with Crippen LogP contribution in [0.15, 0.2) is 78.4 Å². The molecule has 0 unspecified atom stereocenters. The lowest BCUT2D eigenvalue weighted by Crippen LogP contribution is -2.25. The number of amides is 1. The fraction of sp³-hybridized carbons (Fsp3) is 0.185. The SMILES string of the molecule is Cc1ccc(COc2ccc(/C=C(/C#N)C(=O)NCCCc3ccccc3)cc2I)cc1. The van der Waals surface area contributed by atoms with E-state index in [1.165, 1.54) is 11.1 Å². The van der Waals surface area contributed by atoms with Crippen LogP contribution in [-0.2, 0) is 17.8 Å². The maximum Gasteiger partial charge on any atom is 0.261 e. The Balaban J connectivity index is 1.55. The Morgan fingerprint density at radius 3 is 2.50 bits per heavy atom. The molecule has 0 aliphatic heterocycles. The minimum absolute atomic E-state index is 0.0915. The second kappa shape index (κ2) is 12.1. The molecule has 162 valence electrons. The third-order valence-corrected chi connectivity index (χ3v) is 5.76. The van der Waals surface area contributed by atoms with Crippen molar-refractivity contribution in [3.05, 3.63) is 104 Å². The number of ether oxygens (including phenoxy) is 1. The molecule has 0 radical (unpaired) electrons. The van der Waals surface area contributed by atoms with Crippen molar-refractivity contribution >= 4 is 34.6 Å². The number of rotatable bonds is 9. The monoisotopic (exact) mass is 536 g/mol. The van der Waals surface area contributed by atoms with Crippen molar-refractivity contribution < 1.29 is 9.53 Å². The first-order chi connectivity index (χ1) is 15.5. The molecule has 0 bridgehead atoms. The normalized spacial score (nSPS) is 11.0. The van der Waals surface area contributed by atoms with Gasteiger partial charge in [0.15, 0.2) is 0 Å². The molecule has 0 heterocycles. The van der Waals surface area contributed by atoms with E-state index in [0.29, 0.717) is 13.2 Å². The number of hydrogen-bond donors (Lipinski definition) is 1. The third kappa shape index (κ3) is 7.24. The van der Waals surface area contributed by atoms with E-state index in [2.05, 4.69) is 71.2 Å². The molecule has 0 saturated carbocycles. The number of hydrogen-bond acceptors (Lipinski definition) is 3. The highest BCUT2D eigenvalue weighted by Crippen LogP contribution is 2.24. The first kappa shape index (κ1) is 23.6. The summed E-state index contributed by atoms with van der Waals surface area (Å²) in [5.74, 6) is 0.419. The zero-order valence-corrected chi connectivity index (χ0v) is 20.1. The van der Waals surface area contributed by atoms with Crippen molar-refractivity contribution in [2.75, 3.05) is 6.54 Å². The Hall–Kier alpha value is -3.11. The van der Waals surface area contributed by atoms with Crippen molar-refractivity contribution in [1.29, 1.82) is 5.26 Å². The Labute approximate surface area is 203 Å². The molecule has 0 aliphatic carbocycles. The number of nitrogens with zero attached hydrogens (tertiary/aromatic N) is 1. The Kier molecular flexibility index (Phi) is 8.88. The van der Waals surface area contributed by atoms with E-state index in [1.54, 1.807) is 6.08 Å². The van der Waals surface area contributed by atoms with Gasteiger partial charge in [-0.3, -0.25) is 4.79 Å². The molecule has 1 amide bonds. The van der Waals surface area contributed by atoms with Gasteiger partial charge in [-0.25, -0.2) is 0 Å². The topological polar surface area (TPSA) is 62.1 Å². The number of halogens is 1. The number of aryl methyl sites for hydroxylation is 2. The largest absolute Gasteiger partial charge is 0.488 e. The molecule has 0 atom stereocenters. The maximum atomic E-state index is 12.4. The zero-order chi connectivity index (χ0) is 22.8. The molecule has 3 aromatic carbocycles. The van der Waals surface area contributed by atoms with Crippen LogP contribution in [-0.4, -0.2) is 12.5 Å². The minimum Gasteiger partial charge on any atom is -0.488 e. The summed E-state index contributed by atoms with van der Waals surface area (Å²) < 4.78 is 6.85. The summed E-state index contributed by atoms with van der Waals surface area (Å²) in [6.45, 7) is 3.07. The molecule has 0 saturated heterocycles. The van der Waals surface area contributed by atoms with Crippen LogP contribution in [0.3, 0.4) is 0 Å². The summed E-state index contributed by atoms with van der Waals surface area (Å²) >= 11 is 2.21. The standard InChI is InChI=1S/C27H25IN2O2/c1-20-9-11-22(12-10-20)19-32-26-14-13-23(17-25(26)28)16-24(18-29)27(31)30-15-5-8-21-6-3-2-4-7-21/h2-4,6-7,9-14,16-17H,5,8,15,19H2,1H3,(H,30,31)/b24-16-. The predicted molar refractivity (Wildman–Crippen MR) is 136 cm³/mol. The van der Waals surface area contributed by atoms with Crippen LogP contribution >= 0.6 is 22.6 Å². The molecule has 3 aromatic rings. The van der Waals surface area contributed by atoms with Crippen molar-refractivity contribution in [2.24, 2.45) is 0 Å². The summed E-state index contributed by atoms with van der Waals surface area (Å²) in [6, 6.07) is 26.0. The zero-order valence-electron chi connectivity index (χ0n) is 18.0. The number of carbonyl (C=O) groups excluding carboxylic acids is 1. The molecular formula is C27H25IN2O2. The fourth-order valence-corrected chi connectivity index (χ4v) is 3.81. The van der Waals surface area contributed by atoms with Gasteiger partial charge in [0, 0.05) is 6.54 Å². The van der Waals surface area contributed by atoms with Gasteiger partial charge < -0.3 is 10.1 Å². The summed E-state index contributed by atoms with van der Waals surface area (Å²) in [5.41, 5.74) is 4.43. The fourth-order valence-electron chi connectivity index (χ4n) is 3.12. The van der Waals surface area contributed by atoms with Gasteiger partial charge in [-0.1, -0.05) is 66.2 Å². The summed E-state index contributed by atoms with van der Waals surface area (Å²) in [4.78, 5) is 12.4. The van der Waals surface area contributed by atoms with Crippen LogP contribution in [0.4, 0.5) is 0 Å². The highest BCUT2D eigenvalue weighted by atomic mass is 127. The van der Waals surface area contributed by atoms with E-state index in [0.717, 1.165) is 33.3 Å². The van der Waals surface area contributed by atoms with E-state index in [9.17, 15) is 10.1 Å². The van der Waals surface area contributed by atoms with E-state index >= 15 is 0 Å². The number of nitrogens with one attached hydrogen (secondary N) is 1. The molecular weight excluding hydrogens is 511 g/mol.